The third-order valence-corrected chi connectivity index (χ3v) is 4.63. The number of nitrogens with zero attached hydrogens (tertiary/aromatic N) is 1. The highest BCUT2D eigenvalue weighted by Crippen LogP contribution is 2.37. The first-order valence-corrected chi connectivity index (χ1v) is 7.71. The fourth-order valence-electron chi connectivity index (χ4n) is 3.62. The Morgan fingerprint density at radius 3 is 2.15 bits per heavy atom. The standard InChI is InChI=1S/C19H19N/c1-2-8-14(9-3-1)19-17-12-5-4-10-15(17)16-11-6-7-13-18(16)20-19/h4-7,10-14H,1-3,8-9H2. The number of fused-ring (bicyclic) bond motifs is 3. The highest BCUT2D eigenvalue weighted by Gasteiger charge is 2.20. The van der Waals surface area contributed by atoms with Gasteiger partial charge in [-0.3, -0.25) is 4.98 Å². The van der Waals surface area contributed by atoms with Crippen LogP contribution in [0.4, 0.5) is 0 Å². The van der Waals surface area contributed by atoms with E-state index >= 15 is 0 Å². The van der Waals surface area contributed by atoms with Crippen LogP contribution in [-0.4, -0.2) is 4.98 Å². The van der Waals surface area contributed by atoms with Crippen molar-refractivity contribution >= 4 is 21.7 Å². The molecule has 1 aliphatic carbocycles. The van der Waals surface area contributed by atoms with Crippen molar-refractivity contribution in [3.05, 3.63) is 54.2 Å². The highest BCUT2D eigenvalue weighted by atomic mass is 14.7. The molecular weight excluding hydrogens is 242 g/mol. The summed E-state index contributed by atoms with van der Waals surface area (Å²) in [4.78, 5) is 5.03. The Kier molecular flexibility index (Phi) is 2.91. The van der Waals surface area contributed by atoms with E-state index in [4.69, 9.17) is 4.98 Å². The average molecular weight is 261 g/mol. The normalized spacial score (nSPS) is 16.8. The number of hydrogen-bond donors (Lipinski definition) is 0. The Morgan fingerprint density at radius 2 is 1.35 bits per heavy atom. The van der Waals surface area contributed by atoms with Crippen LogP contribution in [0.15, 0.2) is 48.5 Å². The van der Waals surface area contributed by atoms with Gasteiger partial charge >= 0.3 is 0 Å². The Morgan fingerprint density at radius 1 is 0.700 bits per heavy atom. The molecule has 0 saturated heterocycles. The molecule has 1 nitrogen and oxygen atoms in total. The zero-order valence-electron chi connectivity index (χ0n) is 11.7. The molecule has 0 spiro atoms. The van der Waals surface area contributed by atoms with Gasteiger partial charge in [0.25, 0.3) is 0 Å². The fourth-order valence-corrected chi connectivity index (χ4v) is 3.62. The molecule has 0 aliphatic heterocycles. The van der Waals surface area contributed by atoms with E-state index in [9.17, 15) is 0 Å². The van der Waals surface area contributed by atoms with Crippen LogP contribution in [0.25, 0.3) is 21.7 Å². The van der Waals surface area contributed by atoms with Crippen LogP contribution in [0.3, 0.4) is 0 Å². The average Bonchev–Trinajstić information content (AvgIpc) is 2.55. The van der Waals surface area contributed by atoms with Gasteiger partial charge in [-0.05, 0) is 24.3 Å². The van der Waals surface area contributed by atoms with E-state index in [-0.39, 0.29) is 0 Å². The van der Waals surface area contributed by atoms with E-state index < -0.39 is 0 Å². The molecule has 0 atom stereocenters. The van der Waals surface area contributed by atoms with Crippen LogP contribution in [0.2, 0.25) is 0 Å². The summed E-state index contributed by atoms with van der Waals surface area (Å²) in [6, 6.07) is 17.3. The smallest absolute Gasteiger partial charge is 0.0711 e. The maximum Gasteiger partial charge on any atom is 0.0711 e. The summed E-state index contributed by atoms with van der Waals surface area (Å²) in [5.41, 5.74) is 2.48. The molecule has 1 saturated carbocycles. The van der Waals surface area contributed by atoms with Crippen LogP contribution >= 0.6 is 0 Å². The van der Waals surface area contributed by atoms with Crippen molar-refractivity contribution in [1.29, 1.82) is 0 Å². The molecule has 2 aromatic carbocycles. The first-order valence-electron chi connectivity index (χ1n) is 7.71. The molecule has 0 N–H and O–H groups in total. The van der Waals surface area contributed by atoms with Gasteiger partial charge in [-0.25, -0.2) is 0 Å². The van der Waals surface area contributed by atoms with E-state index in [1.54, 1.807) is 0 Å². The molecule has 3 aromatic rings. The van der Waals surface area contributed by atoms with Gasteiger partial charge in [0.05, 0.1) is 11.2 Å². The van der Waals surface area contributed by atoms with Crippen molar-refractivity contribution in [2.24, 2.45) is 0 Å². The molecule has 0 amide bonds. The van der Waals surface area contributed by atoms with Crippen LogP contribution in [0.5, 0.6) is 0 Å². The van der Waals surface area contributed by atoms with Crippen molar-refractivity contribution in [3.63, 3.8) is 0 Å². The van der Waals surface area contributed by atoms with Gasteiger partial charge in [0, 0.05) is 16.7 Å². The lowest BCUT2D eigenvalue weighted by molar-refractivity contribution is 0.439. The van der Waals surface area contributed by atoms with E-state index in [2.05, 4.69) is 48.5 Å². The molecule has 1 aliphatic rings. The summed E-state index contributed by atoms with van der Waals surface area (Å²) in [5.74, 6) is 0.651. The zero-order chi connectivity index (χ0) is 13.4. The molecule has 100 valence electrons. The quantitative estimate of drug-likeness (QED) is 0.532. The lowest BCUT2D eigenvalue weighted by Crippen LogP contribution is -2.07. The fraction of sp³-hybridized carbons (Fsp3) is 0.316. The van der Waals surface area contributed by atoms with E-state index in [0.717, 1.165) is 5.52 Å². The second-order valence-electron chi connectivity index (χ2n) is 5.89. The van der Waals surface area contributed by atoms with Gasteiger partial charge < -0.3 is 0 Å². The molecular formula is C19H19N. The van der Waals surface area contributed by atoms with Crippen molar-refractivity contribution in [2.75, 3.05) is 0 Å². The minimum atomic E-state index is 0.651. The lowest BCUT2D eigenvalue weighted by atomic mass is 9.84. The SMILES string of the molecule is c1ccc2c(c1)nc(C1CCCCC1)c1ccccc12. The van der Waals surface area contributed by atoms with Crippen molar-refractivity contribution in [2.45, 2.75) is 38.0 Å². The van der Waals surface area contributed by atoms with Gasteiger partial charge in [-0.2, -0.15) is 0 Å². The van der Waals surface area contributed by atoms with Gasteiger partial charge in [-0.15, -0.1) is 0 Å². The third kappa shape index (κ3) is 1.89. The molecule has 20 heavy (non-hydrogen) atoms. The summed E-state index contributed by atoms with van der Waals surface area (Å²) in [5, 5.41) is 4.00. The topological polar surface area (TPSA) is 12.9 Å². The summed E-state index contributed by atoms with van der Waals surface area (Å²) in [6.07, 6.45) is 6.70. The van der Waals surface area contributed by atoms with Crippen LogP contribution in [0.1, 0.15) is 43.7 Å². The third-order valence-electron chi connectivity index (χ3n) is 4.63. The maximum absolute atomic E-state index is 5.03. The zero-order valence-corrected chi connectivity index (χ0v) is 11.7. The van der Waals surface area contributed by atoms with Crippen LogP contribution in [0, 0.1) is 0 Å². The van der Waals surface area contributed by atoms with Gasteiger partial charge in [0.2, 0.25) is 0 Å². The molecule has 4 rings (SSSR count). The Hall–Kier alpha value is -1.89. The Labute approximate surface area is 119 Å². The summed E-state index contributed by atoms with van der Waals surface area (Å²) >= 11 is 0. The van der Waals surface area contributed by atoms with E-state index in [1.165, 1.54) is 54.0 Å². The van der Waals surface area contributed by atoms with Gasteiger partial charge in [0.15, 0.2) is 0 Å². The first-order chi connectivity index (χ1) is 9.93. The second-order valence-corrected chi connectivity index (χ2v) is 5.89. The number of hydrogen-bond acceptors (Lipinski definition) is 1. The van der Waals surface area contributed by atoms with Gasteiger partial charge in [0.1, 0.15) is 0 Å². The van der Waals surface area contributed by atoms with Crippen LogP contribution < -0.4 is 0 Å². The number of benzene rings is 2. The monoisotopic (exact) mass is 261 g/mol. The molecule has 1 fully saturated rings. The maximum atomic E-state index is 5.03. The Balaban J connectivity index is 2.02. The summed E-state index contributed by atoms with van der Waals surface area (Å²) in [6.45, 7) is 0. The summed E-state index contributed by atoms with van der Waals surface area (Å²) in [7, 11) is 0. The predicted molar refractivity (Wildman–Crippen MR) is 85.1 cm³/mol. The second kappa shape index (κ2) is 4.90. The lowest BCUT2D eigenvalue weighted by Gasteiger charge is -2.23. The highest BCUT2D eigenvalue weighted by molar-refractivity contribution is 6.06. The summed E-state index contributed by atoms with van der Waals surface area (Å²) < 4.78 is 0. The largest absolute Gasteiger partial charge is 0.252 e. The number of rotatable bonds is 1. The number of para-hydroxylation sites is 1. The molecule has 1 heterocycles. The van der Waals surface area contributed by atoms with Crippen molar-refractivity contribution in [1.82, 2.24) is 4.98 Å². The van der Waals surface area contributed by atoms with E-state index in [1.807, 2.05) is 0 Å². The van der Waals surface area contributed by atoms with E-state index in [0.29, 0.717) is 5.92 Å². The predicted octanol–water partition coefficient (Wildman–Crippen LogP) is 5.44. The molecule has 0 bridgehead atoms. The number of aromatic nitrogens is 1. The van der Waals surface area contributed by atoms with Crippen molar-refractivity contribution < 1.29 is 0 Å². The molecule has 1 heteroatoms. The minimum Gasteiger partial charge on any atom is -0.252 e. The van der Waals surface area contributed by atoms with Crippen LogP contribution in [-0.2, 0) is 0 Å². The van der Waals surface area contributed by atoms with Crippen molar-refractivity contribution in [3.8, 4) is 0 Å². The Bertz CT molecular complexity index is 754. The van der Waals surface area contributed by atoms with Gasteiger partial charge in [-0.1, -0.05) is 61.7 Å². The molecule has 0 unspecified atom stereocenters. The molecule has 1 aromatic heterocycles. The molecule has 0 radical (unpaired) electrons. The first kappa shape index (κ1) is 11.9. The minimum absolute atomic E-state index is 0.651. The number of pyridine rings is 1.